The van der Waals surface area contributed by atoms with Gasteiger partial charge in [0.2, 0.25) is 0 Å². The van der Waals surface area contributed by atoms with Crippen molar-refractivity contribution in [3.8, 4) is 11.1 Å². The third kappa shape index (κ3) is 8.57. The Labute approximate surface area is 215 Å². The number of nitroso groups, excluding NO2 is 1. The first-order chi connectivity index (χ1) is 17.6. The van der Waals surface area contributed by atoms with Gasteiger partial charge >= 0.3 is 17.9 Å². The second-order valence-electron chi connectivity index (χ2n) is 8.02. The maximum absolute atomic E-state index is 12.9. The number of hydrogen-bond donors (Lipinski definition) is 0. The normalized spacial score (nSPS) is 11.0. The van der Waals surface area contributed by atoms with E-state index in [-0.39, 0.29) is 36.5 Å². The molecular formula is C28H29NO8. The number of carbonyl (C=O) groups is 3. The van der Waals surface area contributed by atoms with Gasteiger partial charge in [-0.1, -0.05) is 61.3 Å². The van der Waals surface area contributed by atoms with Crippen LogP contribution in [0.3, 0.4) is 0 Å². The van der Waals surface area contributed by atoms with E-state index >= 15 is 0 Å². The van der Waals surface area contributed by atoms with Crippen molar-refractivity contribution in [1.82, 2.24) is 0 Å². The minimum absolute atomic E-state index is 0.0147. The van der Waals surface area contributed by atoms with Gasteiger partial charge in [-0.05, 0) is 42.7 Å². The molecule has 9 nitrogen and oxygen atoms in total. The van der Waals surface area contributed by atoms with E-state index in [0.29, 0.717) is 22.5 Å². The first-order valence-electron chi connectivity index (χ1n) is 11.3. The lowest BCUT2D eigenvalue weighted by molar-refractivity contribution is -0.139. The second-order valence-corrected chi connectivity index (χ2v) is 8.02. The maximum atomic E-state index is 12.9. The summed E-state index contributed by atoms with van der Waals surface area (Å²) in [5, 5.41) is 2.84. The molecule has 0 saturated heterocycles. The quantitative estimate of drug-likeness (QED) is 0.0665. The molecule has 0 N–H and O–H groups in total. The van der Waals surface area contributed by atoms with E-state index in [1.807, 2.05) is 0 Å². The molecule has 0 fully saturated rings. The van der Waals surface area contributed by atoms with Gasteiger partial charge in [0.1, 0.15) is 32.2 Å². The van der Waals surface area contributed by atoms with Crippen LogP contribution in [0.1, 0.15) is 34.6 Å². The Bertz CT molecular complexity index is 1200. The van der Waals surface area contributed by atoms with Crippen molar-refractivity contribution in [3.63, 3.8) is 0 Å². The van der Waals surface area contributed by atoms with Gasteiger partial charge in [-0.25, -0.2) is 14.4 Å². The molecule has 1 unspecified atom stereocenters. The van der Waals surface area contributed by atoms with Crippen molar-refractivity contribution in [1.29, 1.82) is 0 Å². The van der Waals surface area contributed by atoms with Crippen molar-refractivity contribution in [2.24, 2.45) is 5.18 Å². The highest BCUT2D eigenvalue weighted by Gasteiger charge is 2.21. The Morgan fingerprint density at radius 2 is 1.22 bits per heavy atom. The molecule has 37 heavy (non-hydrogen) atoms. The topological polar surface area (TPSA) is 118 Å². The van der Waals surface area contributed by atoms with Gasteiger partial charge in [-0.3, -0.25) is 0 Å². The molecule has 0 aromatic heterocycles. The highest BCUT2D eigenvalue weighted by atomic mass is 16.6. The molecule has 194 valence electrons. The van der Waals surface area contributed by atoms with Crippen LogP contribution in [0.4, 0.5) is 0 Å². The van der Waals surface area contributed by atoms with Crippen LogP contribution in [0.2, 0.25) is 0 Å². The standard InChI is InChI=1S/C28H29NO8/c1-18(2)20(5)34-14-15-35-27(31)24-12-8-6-10-22(24)23-11-7-9-13-25(23)28(32)37-17-21(29-33)16-36-26(30)19(3)4/h6-13,21H,1,3,5,14-17H2,2,4H3. The van der Waals surface area contributed by atoms with Gasteiger partial charge in [-0.15, -0.1) is 0 Å². The molecule has 0 radical (unpaired) electrons. The lowest BCUT2D eigenvalue weighted by atomic mass is 9.95. The highest BCUT2D eigenvalue weighted by Crippen LogP contribution is 2.28. The van der Waals surface area contributed by atoms with Crippen LogP contribution >= 0.6 is 0 Å². The monoisotopic (exact) mass is 507 g/mol. The van der Waals surface area contributed by atoms with Gasteiger partial charge in [0.05, 0.1) is 11.1 Å². The van der Waals surface area contributed by atoms with Crippen molar-refractivity contribution in [2.75, 3.05) is 26.4 Å². The van der Waals surface area contributed by atoms with E-state index in [4.69, 9.17) is 18.9 Å². The molecule has 0 heterocycles. The highest BCUT2D eigenvalue weighted by molar-refractivity contribution is 6.03. The van der Waals surface area contributed by atoms with Gasteiger partial charge in [0.25, 0.3) is 0 Å². The van der Waals surface area contributed by atoms with E-state index in [1.165, 1.54) is 13.0 Å². The molecule has 0 amide bonds. The van der Waals surface area contributed by atoms with E-state index in [2.05, 4.69) is 24.9 Å². The Hall–Kier alpha value is -4.53. The largest absolute Gasteiger partial charge is 0.490 e. The smallest absolute Gasteiger partial charge is 0.338 e. The molecule has 1 atom stereocenters. The SMILES string of the molecule is C=C(C)C(=C)OCCOC(=O)c1ccccc1-c1ccccc1C(=O)OCC(COC(=O)C(=C)C)N=O. The lowest BCUT2D eigenvalue weighted by Gasteiger charge is -2.15. The first-order valence-corrected chi connectivity index (χ1v) is 11.3. The molecule has 0 spiro atoms. The third-order valence-electron chi connectivity index (χ3n) is 4.96. The molecule has 0 saturated carbocycles. The summed E-state index contributed by atoms with van der Waals surface area (Å²) in [5.41, 5.74) is 2.11. The molecular weight excluding hydrogens is 478 g/mol. The predicted octanol–water partition coefficient (Wildman–Crippen LogP) is 5.03. The third-order valence-corrected chi connectivity index (χ3v) is 4.96. The van der Waals surface area contributed by atoms with Gasteiger partial charge < -0.3 is 18.9 Å². The average molecular weight is 508 g/mol. The fourth-order valence-electron chi connectivity index (χ4n) is 2.95. The van der Waals surface area contributed by atoms with Crippen molar-refractivity contribution >= 4 is 17.9 Å². The summed E-state index contributed by atoms with van der Waals surface area (Å²) < 4.78 is 20.9. The van der Waals surface area contributed by atoms with Crippen LogP contribution in [-0.4, -0.2) is 50.4 Å². The van der Waals surface area contributed by atoms with E-state index in [1.54, 1.807) is 49.4 Å². The number of carbonyl (C=O) groups excluding carboxylic acids is 3. The van der Waals surface area contributed by atoms with Crippen LogP contribution in [0.5, 0.6) is 0 Å². The summed E-state index contributed by atoms with van der Waals surface area (Å²) in [7, 11) is 0. The zero-order chi connectivity index (χ0) is 27.4. The fraction of sp³-hybridized carbons (Fsp3) is 0.250. The van der Waals surface area contributed by atoms with Gasteiger partial charge in [0, 0.05) is 5.57 Å². The zero-order valence-electron chi connectivity index (χ0n) is 20.9. The van der Waals surface area contributed by atoms with Gasteiger partial charge in [0.15, 0.2) is 6.04 Å². The van der Waals surface area contributed by atoms with Crippen molar-refractivity contribution in [3.05, 3.63) is 101 Å². The number of rotatable bonds is 14. The van der Waals surface area contributed by atoms with Crippen LogP contribution in [-0.2, 0) is 23.7 Å². The first kappa shape index (κ1) is 28.7. The molecule has 2 aromatic rings. The molecule has 0 bridgehead atoms. The lowest BCUT2D eigenvalue weighted by Crippen LogP contribution is -2.24. The van der Waals surface area contributed by atoms with Crippen LogP contribution in [0, 0.1) is 4.91 Å². The fourth-order valence-corrected chi connectivity index (χ4v) is 2.95. The average Bonchev–Trinajstić information content (AvgIpc) is 2.90. The number of ether oxygens (including phenoxy) is 4. The van der Waals surface area contributed by atoms with Crippen LogP contribution < -0.4 is 0 Å². The summed E-state index contributed by atoms with van der Waals surface area (Å²) in [6, 6.07) is 12.1. The predicted molar refractivity (Wildman–Crippen MR) is 138 cm³/mol. The second kappa shape index (κ2) is 14.1. The molecule has 0 aliphatic rings. The summed E-state index contributed by atoms with van der Waals surface area (Å²) in [6.45, 7) is 13.4. The number of allylic oxidation sites excluding steroid dienone is 1. The minimum Gasteiger partial charge on any atom is -0.490 e. The van der Waals surface area contributed by atoms with Crippen LogP contribution in [0.15, 0.2) is 90.3 Å². The zero-order valence-corrected chi connectivity index (χ0v) is 20.9. The number of hydrogen-bond acceptors (Lipinski definition) is 9. The Morgan fingerprint density at radius 3 is 1.73 bits per heavy atom. The summed E-state index contributed by atoms with van der Waals surface area (Å²) in [5.74, 6) is -1.62. The number of benzene rings is 2. The number of esters is 3. The molecule has 0 aliphatic carbocycles. The van der Waals surface area contributed by atoms with Crippen LogP contribution in [0.25, 0.3) is 11.1 Å². The van der Waals surface area contributed by atoms with E-state index in [9.17, 15) is 19.3 Å². The summed E-state index contributed by atoms with van der Waals surface area (Å²) >= 11 is 0. The molecule has 2 aromatic carbocycles. The number of nitrogens with zero attached hydrogens (tertiary/aromatic N) is 1. The van der Waals surface area contributed by atoms with E-state index in [0.717, 1.165) is 0 Å². The molecule has 0 aliphatic heterocycles. The Kier molecular flexibility index (Phi) is 11.0. The summed E-state index contributed by atoms with van der Waals surface area (Å²) in [6.07, 6.45) is 0. The molecule has 2 rings (SSSR count). The Balaban J connectivity index is 2.13. The van der Waals surface area contributed by atoms with Crippen molar-refractivity contribution < 1.29 is 33.3 Å². The Morgan fingerprint density at radius 1 is 0.730 bits per heavy atom. The minimum atomic E-state index is -1.09. The van der Waals surface area contributed by atoms with Crippen molar-refractivity contribution in [2.45, 2.75) is 19.9 Å². The maximum Gasteiger partial charge on any atom is 0.338 e. The summed E-state index contributed by atoms with van der Waals surface area (Å²) in [4.78, 5) is 48.3. The van der Waals surface area contributed by atoms with Gasteiger partial charge in [-0.2, -0.15) is 4.91 Å². The molecule has 9 heteroatoms. The van der Waals surface area contributed by atoms with E-state index < -0.39 is 30.6 Å².